The second kappa shape index (κ2) is 12.1. The summed E-state index contributed by atoms with van der Waals surface area (Å²) in [6.07, 6.45) is 0.276. The number of phenols is 1. The Morgan fingerprint density at radius 3 is 1.93 bits per heavy atom. The summed E-state index contributed by atoms with van der Waals surface area (Å²) in [6.45, 7) is 5.06. The summed E-state index contributed by atoms with van der Waals surface area (Å²) in [5.41, 5.74) is 9.31. The first-order valence-electron chi connectivity index (χ1n) is 12.9. The van der Waals surface area contributed by atoms with Crippen molar-refractivity contribution in [3.63, 3.8) is 0 Å². The van der Waals surface area contributed by atoms with Crippen LogP contribution in [0.3, 0.4) is 0 Å². The zero-order chi connectivity index (χ0) is 32.6. The van der Waals surface area contributed by atoms with Crippen LogP contribution in [0.5, 0.6) is 5.75 Å². The van der Waals surface area contributed by atoms with Gasteiger partial charge in [0, 0.05) is 23.9 Å². The lowest BCUT2D eigenvalue weighted by Gasteiger charge is -2.13. The van der Waals surface area contributed by atoms with Gasteiger partial charge in [-0.1, -0.05) is 18.2 Å². The third-order valence-corrected chi connectivity index (χ3v) is 8.56. The summed E-state index contributed by atoms with van der Waals surface area (Å²) in [5.74, 6) is -1.04. The van der Waals surface area contributed by atoms with Crippen LogP contribution in [-0.2, 0) is 29.8 Å². The molecule has 6 N–H and O–H groups in total. The van der Waals surface area contributed by atoms with Gasteiger partial charge in [0.2, 0.25) is 5.91 Å². The number of phenolic OH excluding ortho intramolecular Hbond substituents is 1. The van der Waals surface area contributed by atoms with E-state index in [-0.39, 0.29) is 35.6 Å². The van der Waals surface area contributed by atoms with Crippen molar-refractivity contribution >= 4 is 65.4 Å². The summed E-state index contributed by atoms with van der Waals surface area (Å²) in [4.78, 5) is 21.3. The van der Waals surface area contributed by atoms with Crippen LogP contribution in [0, 0.1) is 13.8 Å². The van der Waals surface area contributed by atoms with Crippen molar-refractivity contribution in [1.82, 2.24) is 0 Å². The number of azo groups is 1. The van der Waals surface area contributed by atoms with Crippen molar-refractivity contribution in [3.8, 4) is 16.9 Å². The summed E-state index contributed by atoms with van der Waals surface area (Å²) in [5, 5.41) is 21.1. The minimum absolute atomic E-state index is 0.0622. The molecule has 4 aromatic carbocycles. The predicted octanol–water partition coefficient (Wildman–Crippen LogP) is 5.63. The molecule has 0 aromatic heterocycles. The highest BCUT2D eigenvalue weighted by atomic mass is 32.2. The number of carbonyl (C=O) groups is 2. The summed E-state index contributed by atoms with van der Waals surface area (Å²) >= 11 is 0. The fourth-order valence-corrected chi connectivity index (χ4v) is 5.94. The van der Waals surface area contributed by atoms with E-state index in [1.807, 2.05) is 25.1 Å². The van der Waals surface area contributed by atoms with Crippen LogP contribution in [0.25, 0.3) is 21.9 Å². The standard InChI is InChI=1S/C29H28N4O9S2/c1-15-12-18(5-8-21(15)31-26(35)11-4-17(3)34)19-6-9-22(16(2)13-19)32-33-23-10-7-20-24(43(37,38)39)14-25(44(40,41)42)28(30)27(20)29(23)36/h5-10,12-14,36H,4,11,30H2,1-3H3,(H,31,35)(H,37,38,39)(H,40,41,42). The topological polar surface area (TPSA) is 226 Å². The lowest BCUT2D eigenvalue weighted by atomic mass is 10.00. The van der Waals surface area contributed by atoms with Gasteiger partial charge < -0.3 is 21.0 Å². The highest BCUT2D eigenvalue weighted by Gasteiger charge is 2.26. The molecule has 0 bridgehead atoms. The van der Waals surface area contributed by atoms with E-state index >= 15 is 0 Å². The summed E-state index contributed by atoms with van der Waals surface area (Å²) < 4.78 is 66.6. The van der Waals surface area contributed by atoms with Crippen LogP contribution in [0.2, 0.25) is 0 Å². The molecule has 0 heterocycles. The normalized spacial score (nSPS) is 12.1. The Balaban J connectivity index is 1.65. The third-order valence-electron chi connectivity index (χ3n) is 6.78. The molecule has 1 amide bonds. The molecule has 0 saturated heterocycles. The van der Waals surface area contributed by atoms with Gasteiger partial charge in [-0.25, -0.2) is 0 Å². The summed E-state index contributed by atoms with van der Waals surface area (Å²) in [6, 6.07) is 13.7. The van der Waals surface area contributed by atoms with E-state index in [0.29, 0.717) is 23.0 Å². The van der Waals surface area contributed by atoms with Crippen LogP contribution in [-0.4, -0.2) is 42.7 Å². The van der Waals surface area contributed by atoms with Gasteiger partial charge in [-0.05, 0) is 79.4 Å². The number of amides is 1. The molecule has 0 aliphatic heterocycles. The van der Waals surface area contributed by atoms with Gasteiger partial charge in [0.15, 0.2) is 5.75 Å². The molecular weight excluding hydrogens is 612 g/mol. The summed E-state index contributed by atoms with van der Waals surface area (Å²) in [7, 11) is -10.0. The van der Waals surface area contributed by atoms with Crippen molar-refractivity contribution in [2.75, 3.05) is 11.1 Å². The van der Waals surface area contributed by atoms with Crippen LogP contribution < -0.4 is 11.1 Å². The van der Waals surface area contributed by atoms with E-state index in [9.17, 15) is 40.6 Å². The number of nitrogens with two attached hydrogens (primary N) is 1. The Morgan fingerprint density at radius 2 is 1.36 bits per heavy atom. The van der Waals surface area contributed by atoms with Crippen molar-refractivity contribution in [2.24, 2.45) is 10.2 Å². The van der Waals surface area contributed by atoms with Crippen LogP contribution in [0.4, 0.5) is 22.7 Å². The smallest absolute Gasteiger partial charge is 0.296 e. The van der Waals surface area contributed by atoms with E-state index < -0.39 is 46.9 Å². The molecule has 230 valence electrons. The van der Waals surface area contributed by atoms with Gasteiger partial charge in [-0.15, -0.1) is 5.11 Å². The first-order chi connectivity index (χ1) is 20.5. The number of benzene rings is 4. The van der Waals surface area contributed by atoms with Crippen molar-refractivity contribution in [1.29, 1.82) is 0 Å². The zero-order valence-electron chi connectivity index (χ0n) is 23.7. The average molecular weight is 641 g/mol. The van der Waals surface area contributed by atoms with Crippen LogP contribution >= 0.6 is 0 Å². The Morgan fingerprint density at radius 1 is 0.795 bits per heavy atom. The number of aryl methyl sites for hydroxylation is 2. The molecule has 4 aromatic rings. The zero-order valence-corrected chi connectivity index (χ0v) is 25.3. The molecule has 0 saturated carbocycles. The van der Waals surface area contributed by atoms with Gasteiger partial charge in [0.05, 0.1) is 16.8 Å². The number of nitrogen functional groups attached to an aromatic ring is 1. The number of nitrogens with zero attached hydrogens (tertiary/aromatic N) is 2. The Bertz CT molecular complexity index is 2090. The molecule has 0 unspecified atom stereocenters. The maximum Gasteiger partial charge on any atom is 0.296 e. The largest absolute Gasteiger partial charge is 0.505 e. The SMILES string of the molecule is CC(=O)CCC(=O)Nc1ccc(-c2ccc(N=Nc3ccc4c(S(=O)(=O)O)cc(S(=O)(=O)O)c(N)c4c3O)c(C)c2)cc1C. The Labute approximate surface area is 252 Å². The molecule has 0 aliphatic carbocycles. The monoisotopic (exact) mass is 640 g/mol. The maximum atomic E-state index is 12.1. The van der Waals surface area contributed by atoms with E-state index in [2.05, 4.69) is 15.5 Å². The second-order valence-electron chi connectivity index (χ2n) is 10.1. The van der Waals surface area contributed by atoms with Gasteiger partial charge in [0.25, 0.3) is 20.2 Å². The maximum absolute atomic E-state index is 12.1. The fraction of sp³-hybridized carbons (Fsp3) is 0.172. The van der Waals surface area contributed by atoms with E-state index in [4.69, 9.17) is 5.73 Å². The molecule has 0 spiro atoms. The van der Waals surface area contributed by atoms with E-state index in [1.54, 1.807) is 25.1 Å². The number of hydrogen-bond acceptors (Lipinski definition) is 10. The number of ketones is 1. The lowest BCUT2D eigenvalue weighted by Crippen LogP contribution is -2.13. The molecule has 0 atom stereocenters. The fourth-order valence-electron chi connectivity index (χ4n) is 4.50. The van der Waals surface area contributed by atoms with Gasteiger partial charge in [0.1, 0.15) is 21.3 Å². The highest BCUT2D eigenvalue weighted by Crippen LogP contribution is 2.44. The second-order valence-corrected chi connectivity index (χ2v) is 12.9. The number of carbonyl (C=O) groups excluding carboxylic acids is 2. The Hall–Kier alpha value is -4.70. The third kappa shape index (κ3) is 6.92. The predicted molar refractivity (Wildman–Crippen MR) is 164 cm³/mol. The van der Waals surface area contributed by atoms with Crippen molar-refractivity contribution in [2.45, 2.75) is 43.4 Å². The number of anilines is 2. The molecule has 0 fully saturated rings. The number of aromatic hydroxyl groups is 1. The average Bonchev–Trinajstić information content (AvgIpc) is 2.91. The number of rotatable bonds is 9. The number of fused-ring (bicyclic) bond motifs is 1. The Kier molecular flexibility index (Phi) is 8.88. The van der Waals surface area contributed by atoms with Gasteiger partial charge in [-0.3, -0.25) is 13.9 Å². The molecule has 44 heavy (non-hydrogen) atoms. The van der Waals surface area contributed by atoms with E-state index in [0.717, 1.165) is 22.8 Å². The minimum atomic E-state index is -5.04. The highest BCUT2D eigenvalue weighted by molar-refractivity contribution is 7.87. The number of Topliss-reactive ketones (excluding diaryl/α,β-unsaturated/α-hetero) is 1. The molecule has 13 nitrogen and oxygen atoms in total. The molecular formula is C29H28N4O9S2. The minimum Gasteiger partial charge on any atom is -0.505 e. The quantitative estimate of drug-likeness (QED) is 0.0860. The molecule has 15 heteroatoms. The van der Waals surface area contributed by atoms with Crippen molar-refractivity contribution < 1.29 is 40.6 Å². The number of hydrogen-bond donors (Lipinski definition) is 5. The van der Waals surface area contributed by atoms with Crippen LogP contribution in [0.1, 0.15) is 30.9 Å². The molecule has 0 aliphatic rings. The van der Waals surface area contributed by atoms with Crippen molar-refractivity contribution in [3.05, 3.63) is 65.7 Å². The first kappa shape index (κ1) is 32.2. The first-order valence-corrected chi connectivity index (χ1v) is 15.8. The van der Waals surface area contributed by atoms with Crippen LogP contribution in [0.15, 0.2) is 74.6 Å². The van der Waals surface area contributed by atoms with E-state index in [1.165, 1.54) is 13.0 Å². The van der Waals surface area contributed by atoms with Gasteiger partial charge >= 0.3 is 0 Å². The lowest BCUT2D eigenvalue weighted by molar-refractivity contribution is -0.121. The van der Waals surface area contributed by atoms with Gasteiger partial charge in [-0.2, -0.15) is 21.9 Å². The number of nitrogens with one attached hydrogen (secondary N) is 1. The molecule has 0 radical (unpaired) electrons. The molecule has 4 rings (SSSR count).